The first kappa shape index (κ1) is 11.3. The fourth-order valence-electron chi connectivity index (χ4n) is 1.60. The van der Waals surface area contributed by atoms with Gasteiger partial charge in [-0.2, -0.15) is 0 Å². The van der Waals surface area contributed by atoms with Gasteiger partial charge in [-0.05, 0) is 29.7 Å². The quantitative estimate of drug-likeness (QED) is 0.810. The predicted octanol–water partition coefficient (Wildman–Crippen LogP) is 1.37. The highest BCUT2D eigenvalue weighted by Gasteiger charge is 2.11. The second kappa shape index (κ2) is 4.01. The van der Waals surface area contributed by atoms with E-state index in [0.29, 0.717) is 10.8 Å². The van der Waals surface area contributed by atoms with E-state index in [-0.39, 0.29) is 11.6 Å². The molecule has 0 aliphatic heterocycles. The van der Waals surface area contributed by atoms with Crippen molar-refractivity contribution in [2.75, 3.05) is 14.1 Å². The zero-order valence-electron chi connectivity index (χ0n) is 9.45. The van der Waals surface area contributed by atoms with E-state index in [1.165, 1.54) is 29.2 Å². The lowest BCUT2D eigenvalue weighted by atomic mass is 10.1. The molecule has 0 saturated heterocycles. The lowest BCUT2D eigenvalue weighted by Crippen LogP contribution is -2.25. The molecule has 0 radical (unpaired) electrons. The highest BCUT2D eigenvalue weighted by molar-refractivity contribution is 5.96. The number of pyridine rings is 1. The second-order valence-corrected chi connectivity index (χ2v) is 3.94. The summed E-state index contributed by atoms with van der Waals surface area (Å²) < 4.78 is 13.1. The largest absolute Gasteiger partial charge is 0.344 e. The van der Waals surface area contributed by atoms with Crippen LogP contribution in [0.3, 0.4) is 0 Å². The fourth-order valence-corrected chi connectivity index (χ4v) is 1.60. The predicted molar refractivity (Wildman–Crippen MR) is 62.5 cm³/mol. The highest BCUT2D eigenvalue weighted by Crippen LogP contribution is 2.13. The van der Waals surface area contributed by atoms with E-state index in [2.05, 4.69) is 4.98 Å². The number of benzene rings is 1. The van der Waals surface area contributed by atoms with Crippen LogP contribution in [0.1, 0.15) is 10.5 Å². The molecule has 1 amide bonds. The van der Waals surface area contributed by atoms with Crippen molar-refractivity contribution in [3.63, 3.8) is 0 Å². The summed E-state index contributed by atoms with van der Waals surface area (Å²) in [7, 11) is 3.16. The molecule has 2 aromatic rings. The van der Waals surface area contributed by atoms with E-state index in [9.17, 15) is 14.0 Å². The van der Waals surface area contributed by atoms with Gasteiger partial charge in [-0.15, -0.1) is 0 Å². The Balaban J connectivity index is 2.70. The Kier molecular flexibility index (Phi) is 2.67. The van der Waals surface area contributed by atoms with Crippen LogP contribution in [0, 0.1) is 5.82 Å². The Morgan fingerprint density at radius 1 is 1.29 bits per heavy atom. The van der Waals surface area contributed by atoms with Gasteiger partial charge < -0.3 is 9.88 Å². The third-order valence-corrected chi connectivity index (χ3v) is 2.44. The molecule has 1 N–H and O–H groups in total. The third-order valence-electron chi connectivity index (χ3n) is 2.44. The molecule has 0 unspecified atom stereocenters. The maximum Gasteiger partial charge on any atom is 0.269 e. The van der Waals surface area contributed by atoms with Gasteiger partial charge >= 0.3 is 0 Å². The molecular formula is C12H11FN2O2. The minimum Gasteiger partial charge on any atom is -0.344 e. The SMILES string of the molecule is CN(C)C(=O)c1cc2cc(F)ccc2c(=O)[nH]1. The smallest absolute Gasteiger partial charge is 0.269 e. The van der Waals surface area contributed by atoms with Crippen LogP contribution in [0.15, 0.2) is 29.1 Å². The second-order valence-electron chi connectivity index (χ2n) is 3.94. The maximum atomic E-state index is 13.1. The Morgan fingerprint density at radius 3 is 2.65 bits per heavy atom. The van der Waals surface area contributed by atoms with Gasteiger partial charge in [0.15, 0.2) is 0 Å². The molecular weight excluding hydrogens is 223 g/mol. The number of carbonyl (C=O) groups is 1. The molecule has 0 aliphatic carbocycles. The molecule has 1 aromatic carbocycles. The summed E-state index contributed by atoms with van der Waals surface area (Å²) in [5.74, 6) is -0.764. The lowest BCUT2D eigenvalue weighted by molar-refractivity contribution is 0.0822. The molecule has 2 rings (SSSR count). The van der Waals surface area contributed by atoms with Gasteiger partial charge in [0.2, 0.25) is 0 Å². The van der Waals surface area contributed by atoms with Gasteiger partial charge in [0.05, 0.1) is 0 Å². The van der Waals surface area contributed by atoms with Crippen LogP contribution in [0.5, 0.6) is 0 Å². The van der Waals surface area contributed by atoms with E-state index < -0.39 is 11.4 Å². The van der Waals surface area contributed by atoms with Crippen LogP contribution < -0.4 is 5.56 Å². The molecule has 4 nitrogen and oxygen atoms in total. The van der Waals surface area contributed by atoms with E-state index in [4.69, 9.17) is 0 Å². The molecule has 17 heavy (non-hydrogen) atoms. The van der Waals surface area contributed by atoms with Crippen molar-refractivity contribution in [1.82, 2.24) is 9.88 Å². The van der Waals surface area contributed by atoms with Gasteiger partial charge in [-0.25, -0.2) is 4.39 Å². The van der Waals surface area contributed by atoms with Crippen molar-refractivity contribution in [2.24, 2.45) is 0 Å². The van der Waals surface area contributed by atoms with E-state index in [1.54, 1.807) is 14.1 Å². The number of hydrogen-bond acceptors (Lipinski definition) is 2. The number of fused-ring (bicyclic) bond motifs is 1. The van der Waals surface area contributed by atoms with Crippen LogP contribution in [0.2, 0.25) is 0 Å². The Bertz CT molecular complexity index is 646. The molecule has 88 valence electrons. The van der Waals surface area contributed by atoms with E-state index >= 15 is 0 Å². The van der Waals surface area contributed by atoms with Gasteiger partial charge in [-0.1, -0.05) is 0 Å². The number of halogens is 1. The van der Waals surface area contributed by atoms with Crippen LogP contribution >= 0.6 is 0 Å². The average Bonchev–Trinajstić information content (AvgIpc) is 2.27. The molecule has 5 heteroatoms. The molecule has 1 aromatic heterocycles. The van der Waals surface area contributed by atoms with Crippen LogP contribution in [-0.2, 0) is 0 Å². The van der Waals surface area contributed by atoms with Crippen molar-refractivity contribution >= 4 is 16.7 Å². The minimum atomic E-state index is -0.439. The summed E-state index contributed by atoms with van der Waals surface area (Å²) in [6, 6.07) is 5.32. The van der Waals surface area contributed by atoms with Gasteiger partial charge in [0, 0.05) is 19.5 Å². The summed E-state index contributed by atoms with van der Waals surface area (Å²) in [5.41, 5.74) is -0.245. The number of aromatic amines is 1. The number of nitrogens with one attached hydrogen (secondary N) is 1. The Hall–Kier alpha value is -2.17. The molecule has 1 heterocycles. The molecule has 0 atom stereocenters. The topological polar surface area (TPSA) is 53.2 Å². The lowest BCUT2D eigenvalue weighted by Gasteiger charge is -2.10. The van der Waals surface area contributed by atoms with Crippen molar-refractivity contribution in [2.45, 2.75) is 0 Å². The number of nitrogens with zero attached hydrogens (tertiary/aromatic N) is 1. The maximum absolute atomic E-state index is 13.1. The number of hydrogen-bond donors (Lipinski definition) is 1. The molecule has 0 fully saturated rings. The number of H-pyrrole nitrogens is 1. The monoisotopic (exact) mass is 234 g/mol. The van der Waals surface area contributed by atoms with E-state index in [0.717, 1.165) is 0 Å². The summed E-state index contributed by atoms with van der Waals surface area (Å²) >= 11 is 0. The summed E-state index contributed by atoms with van der Waals surface area (Å²) in [6.45, 7) is 0. The molecule has 0 bridgehead atoms. The molecule has 0 saturated carbocycles. The van der Waals surface area contributed by atoms with Crippen molar-refractivity contribution in [1.29, 1.82) is 0 Å². The summed E-state index contributed by atoms with van der Waals surface area (Å²) in [5, 5.41) is 0.778. The Labute approximate surface area is 96.7 Å². The van der Waals surface area contributed by atoms with E-state index in [1.807, 2.05) is 0 Å². The van der Waals surface area contributed by atoms with Gasteiger partial charge in [0.1, 0.15) is 11.5 Å². The molecule has 0 aliphatic rings. The fraction of sp³-hybridized carbons (Fsp3) is 0.167. The van der Waals surface area contributed by atoms with Crippen LogP contribution in [-0.4, -0.2) is 29.9 Å². The Morgan fingerprint density at radius 2 is 2.00 bits per heavy atom. The highest BCUT2D eigenvalue weighted by atomic mass is 19.1. The van der Waals surface area contributed by atoms with Gasteiger partial charge in [-0.3, -0.25) is 9.59 Å². The number of amides is 1. The first-order valence-electron chi connectivity index (χ1n) is 5.03. The number of carbonyl (C=O) groups excluding carboxylic acids is 1. The third kappa shape index (κ3) is 2.04. The van der Waals surface area contributed by atoms with Gasteiger partial charge in [0.25, 0.3) is 11.5 Å². The zero-order valence-corrected chi connectivity index (χ0v) is 9.45. The minimum absolute atomic E-state index is 0.151. The van der Waals surface area contributed by atoms with Crippen molar-refractivity contribution in [3.05, 3.63) is 46.1 Å². The van der Waals surface area contributed by atoms with Crippen LogP contribution in [0.25, 0.3) is 10.8 Å². The number of aromatic nitrogens is 1. The number of rotatable bonds is 1. The normalized spacial score (nSPS) is 10.5. The first-order valence-corrected chi connectivity index (χ1v) is 5.03. The average molecular weight is 234 g/mol. The first-order chi connectivity index (χ1) is 7.99. The molecule has 0 spiro atoms. The van der Waals surface area contributed by atoms with Crippen molar-refractivity contribution < 1.29 is 9.18 Å². The summed E-state index contributed by atoms with van der Waals surface area (Å²) in [4.78, 5) is 27.2. The standard InChI is InChI=1S/C12H11FN2O2/c1-15(2)12(17)10-6-7-5-8(13)3-4-9(7)11(16)14-10/h3-6H,1-2H3,(H,14,16). The van der Waals surface area contributed by atoms with Crippen LogP contribution in [0.4, 0.5) is 4.39 Å². The van der Waals surface area contributed by atoms with Crippen molar-refractivity contribution in [3.8, 4) is 0 Å². The zero-order chi connectivity index (χ0) is 12.6. The summed E-state index contributed by atoms with van der Waals surface area (Å²) in [6.07, 6.45) is 0.